The van der Waals surface area contributed by atoms with Crippen LogP contribution >= 0.6 is 0 Å². The van der Waals surface area contributed by atoms with E-state index in [2.05, 4.69) is 15.7 Å². The number of nitrogens with one attached hydrogen (secondary N) is 2. The molecule has 0 radical (unpaired) electrons. The molecular formula is C15H20N4O2. The van der Waals surface area contributed by atoms with E-state index in [4.69, 9.17) is 5.11 Å². The Bertz CT molecular complexity index is 554. The van der Waals surface area contributed by atoms with Crippen LogP contribution in [-0.2, 0) is 13.1 Å². The highest BCUT2D eigenvalue weighted by Gasteiger charge is 2.02. The van der Waals surface area contributed by atoms with Crippen LogP contribution in [0.4, 0.5) is 4.79 Å². The van der Waals surface area contributed by atoms with Crippen molar-refractivity contribution in [1.29, 1.82) is 0 Å². The summed E-state index contributed by atoms with van der Waals surface area (Å²) in [7, 11) is 0. The number of urea groups is 1. The van der Waals surface area contributed by atoms with Crippen molar-refractivity contribution >= 4 is 6.03 Å². The lowest BCUT2D eigenvalue weighted by atomic mass is 10.2. The van der Waals surface area contributed by atoms with E-state index in [1.807, 2.05) is 41.2 Å². The molecule has 1 aromatic heterocycles. The Morgan fingerprint density at radius 1 is 1.19 bits per heavy atom. The third-order valence-electron chi connectivity index (χ3n) is 2.95. The summed E-state index contributed by atoms with van der Waals surface area (Å²) in [6.07, 6.45) is 4.22. The van der Waals surface area contributed by atoms with Crippen molar-refractivity contribution in [2.45, 2.75) is 19.5 Å². The van der Waals surface area contributed by atoms with Crippen molar-refractivity contribution in [3.63, 3.8) is 0 Å². The summed E-state index contributed by atoms with van der Waals surface area (Å²) in [6, 6.07) is 9.84. The van der Waals surface area contributed by atoms with Crippen LogP contribution in [0.5, 0.6) is 0 Å². The molecule has 6 nitrogen and oxygen atoms in total. The summed E-state index contributed by atoms with van der Waals surface area (Å²) >= 11 is 0. The van der Waals surface area contributed by atoms with E-state index in [-0.39, 0.29) is 12.6 Å². The largest absolute Gasteiger partial charge is 0.396 e. The molecule has 1 aromatic carbocycles. The van der Waals surface area contributed by atoms with Crippen molar-refractivity contribution in [2.75, 3.05) is 13.2 Å². The normalized spacial score (nSPS) is 10.3. The Morgan fingerprint density at radius 3 is 2.76 bits per heavy atom. The predicted octanol–water partition coefficient (Wildman–Crippen LogP) is 1.11. The molecule has 0 fully saturated rings. The summed E-state index contributed by atoms with van der Waals surface area (Å²) < 4.78 is 1.84. The molecule has 0 saturated heterocycles. The molecule has 1 heterocycles. The fourth-order valence-electron chi connectivity index (χ4n) is 1.88. The van der Waals surface area contributed by atoms with E-state index in [1.54, 1.807) is 6.20 Å². The van der Waals surface area contributed by atoms with Gasteiger partial charge in [-0.1, -0.05) is 30.3 Å². The standard InChI is InChI=1S/C15H20N4O2/c20-8-4-7-16-15(21)17-9-14-10-18-19(12-14)11-13-5-2-1-3-6-13/h1-3,5-6,10,12,20H,4,7-9,11H2,(H2,16,17,21). The number of amides is 2. The summed E-state index contributed by atoms with van der Waals surface area (Å²) in [5.41, 5.74) is 2.13. The Labute approximate surface area is 123 Å². The lowest BCUT2D eigenvalue weighted by Gasteiger charge is -2.05. The van der Waals surface area contributed by atoms with E-state index in [9.17, 15) is 4.79 Å². The van der Waals surface area contributed by atoms with Crippen LogP contribution in [0.1, 0.15) is 17.5 Å². The van der Waals surface area contributed by atoms with E-state index in [0.29, 0.717) is 26.1 Å². The van der Waals surface area contributed by atoms with Gasteiger partial charge in [-0.25, -0.2) is 4.79 Å². The van der Waals surface area contributed by atoms with E-state index >= 15 is 0 Å². The number of rotatable bonds is 7. The number of aliphatic hydroxyl groups is 1. The number of hydrogen-bond donors (Lipinski definition) is 3. The fourth-order valence-corrected chi connectivity index (χ4v) is 1.88. The van der Waals surface area contributed by atoms with Gasteiger partial charge < -0.3 is 15.7 Å². The molecule has 0 aliphatic heterocycles. The molecule has 0 aliphatic carbocycles. The summed E-state index contributed by atoms with van der Waals surface area (Å²) in [5, 5.41) is 18.3. The van der Waals surface area contributed by atoms with Crippen LogP contribution in [0, 0.1) is 0 Å². The molecule has 0 spiro atoms. The number of aliphatic hydroxyl groups excluding tert-OH is 1. The van der Waals surface area contributed by atoms with Crippen molar-refractivity contribution in [2.24, 2.45) is 0 Å². The number of carbonyl (C=O) groups excluding carboxylic acids is 1. The molecule has 2 amide bonds. The first-order valence-electron chi connectivity index (χ1n) is 6.96. The summed E-state index contributed by atoms with van der Waals surface area (Å²) in [5.74, 6) is 0. The van der Waals surface area contributed by atoms with E-state index in [0.717, 1.165) is 5.56 Å². The molecule has 0 atom stereocenters. The molecule has 0 bridgehead atoms. The first-order valence-corrected chi connectivity index (χ1v) is 6.96. The topological polar surface area (TPSA) is 79.2 Å². The molecule has 21 heavy (non-hydrogen) atoms. The van der Waals surface area contributed by atoms with Crippen molar-refractivity contribution in [3.05, 3.63) is 53.9 Å². The molecule has 2 aromatic rings. The molecule has 6 heteroatoms. The van der Waals surface area contributed by atoms with Gasteiger partial charge >= 0.3 is 6.03 Å². The second-order valence-corrected chi connectivity index (χ2v) is 4.72. The summed E-state index contributed by atoms with van der Waals surface area (Å²) in [6.45, 7) is 1.69. The minimum atomic E-state index is -0.237. The Morgan fingerprint density at radius 2 is 2.00 bits per heavy atom. The molecule has 2 rings (SSSR count). The Balaban J connectivity index is 1.77. The third kappa shape index (κ3) is 5.27. The minimum Gasteiger partial charge on any atom is -0.396 e. The highest BCUT2D eigenvalue weighted by atomic mass is 16.3. The molecule has 3 N–H and O–H groups in total. The van der Waals surface area contributed by atoms with Gasteiger partial charge in [0, 0.05) is 31.5 Å². The van der Waals surface area contributed by atoms with Gasteiger partial charge in [-0.3, -0.25) is 4.68 Å². The number of benzene rings is 1. The van der Waals surface area contributed by atoms with Crippen molar-refractivity contribution in [3.8, 4) is 0 Å². The third-order valence-corrected chi connectivity index (χ3v) is 2.95. The van der Waals surface area contributed by atoms with Gasteiger partial charge in [0.15, 0.2) is 0 Å². The van der Waals surface area contributed by atoms with Crippen LogP contribution in [0.2, 0.25) is 0 Å². The monoisotopic (exact) mass is 288 g/mol. The predicted molar refractivity (Wildman–Crippen MR) is 79.7 cm³/mol. The molecule has 0 aliphatic rings. The fraction of sp³-hybridized carbons (Fsp3) is 0.333. The van der Waals surface area contributed by atoms with E-state index in [1.165, 1.54) is 5.56 Å². The maximum atomic E-state index is 11.5. The van der Waals surface area contributed by atoms with Gasteiger partial charge in [0.2, 0.25) is 0 Å². The smallest absolute Gasteiger partial charge is 0.315 e. The Hall–Kier alpha value is -2.34. The zero-order valence-corrected chi connectivity index (χ0v) is 11.8. The second kappa shape index (κ2) is 8.06. The quantitative estimate of drug-likeness (QED) is 0.668. The minimum absolute atomic E-state index is 0.0759. The molecule has 112 valence electrons. The number of nitrogens with zero attached hydrogens (tertiary/aromatic N) is 2. The first-order chi connectivity index (χ1) is 10.3. The average Bonchev–Trinajstić information content (AvgIpc) is 2.94. The van der Waals surface area contributed by atoms with Crippen LogP contribution < -0.4 is 10.6 Å². The van der Waals surface area contributed by atoms with Crippen molar-refractivity contribution in [1.82, 2.24) is 20.4 Å². The number of carbonyl (C=O) groups is 1. The van der Waals surface area contributed by atoms with Gasteiger partial charge in [-0.05, 0) is 12.0 Å². The van der Waals surface area contributed by atoms with Gasteiger partial charge in [0.05, 0.1) is 12.7 Å². The highest BCUT2D eigenvalue weighted by Crippen LogP contribution is 2.03. The Kier molecular flexibility index (Phi) is 5.78. The van der Waals surface area contributed by atoms with Gasteiger partial charge in [-0.2, -0.15) is 5.10 Å². The zero-order chi connectivity index (χ0) is 14.9. The van der Waals surface area contributed by atoms with Crippen LogP contribution in [0.15, 0.2) is 42.7 Å². The lowest BCUT2D eigenvalue weighted by Crippen LogP contribution is -2.35. The van der Waals surface area contributed by atoms with Crippen LogP contribution in [0.25, 0.3) is 0 Å². The highest BCUT2D eigenvalue weighted by molar-refractivity contribution is 5.73. The molecular weight excluding hydrogens is 268 g/mol. The maximum absolute atomic E-state index is 11.5. The second-order valence-electron chi connectivity index (χ2n) is 4.72. The van der Waals surface area contributed by atoms with Crippen LogP contribution in [0.3, 0.4) is 0 Å². The molecule has 0 unspecified atom stereocenters. The van der Waals surface area contributed by atoms with Gasteiger partial charge in [0.1, 0.15) is 0 Å². The SMILES string of the molecule is O=C(NCCCO)NCc1cnn(Cc2ccccc2)c1. The number of hydrogen-bond acceptors (Lipinski definition) is 3. The summed E-state index contributed by atoms with van der Waals surface area (Å²) in [4.78, 5) is 11.5. The van der Waals surface area contributed by atoms with E-state index < -0.39 is 0 Å². The first kappa shape index (κ1) is 15.1. The van der Waals surface area contributed by atoms with Gasteiger partial charge in [-0.15, -0.1) is 0 Å². The number of aromatic nitrogens is 2. The van der Waals surface area contributed by atoms with Gasteiger partial charge in [0.25, 0.3) is 0 Å². The molecule has 0 saturated carbocycles. The lowest BCUT2D eigenvalue weighted by molar-refractivity contribution is 0.237. The van der Waals surface area contributed by atoms with Crippen LogP contribution in [-0.4, -0.2) is 34.1 Å². The average molecular weight is 288 g/mol. The zero-order valence-electron chi connectivity index (χ0n) is 11.8. The maximum Gasteiger partial charge on any atom is 0.315 e. The van der Waals surface area contributed by atoms with Crippen molar-refractivity contribution < 1.29 is 9.90 Å².